The quantitative estimate of drug-likeness (QED) is 0.237. The molecule has 1 aromatic rings. The minimum atomic E-state index is -2.74. The van der Waals surface area contributed by atoms with Crippen LogP contribution in [0.1, 0.15) is 36.5 Å². The number of alkyl halides is 1. The standard InChI is InChI=1S/C28H41FN4O7/c1-14(11-29)33(6)12-16-9-19(31(2)3)17-7-15-8-18(20(13-34)32(4)5)28(40,21(35)10-22(30)36)27(39)23(15)26(38)24(17)25(16)37/h9,14-15,18,20,34,37-38,40H,7-8,10-13H2,1-6H3,(H2,30,36)/t14?,15-,18-,20+,28+/m0/s1. The predicted molar refractivity (Wildman–Crippen MR) is 148 cm³/mol. The Labute approximate surface area is 233 Å². The van der Waals surface area contributed by atoms with Crippen molar-refractivity contribution in [1.82, 2.24) is 9.80 Å². The molecule has 0 bridgehead atoms. The molecule has 0 radical (unpaired) electrons. The SMILES string of the molecule is CC(CF)N(C)Cc1cc(N(C)C)c2c(c1O)C(O)=C1C(=O)[C@](O)(C(=O)CC(N)=O)[C@H]([C@@H](CO)N(C)C)C[C@@H]1C2. The van der Waals surface area contributed by atoms with E-state index in [1.807, 2.05) is 4.90 Å². The number of ketones is 2. The fraction of sp³-hybridized carbons (Fsp3) is 0.607. The summed E-state index contributed by atoms with van der Waals surface area (Å²) in [6, 6.07) is 0.501. The van der Waals surface area contributed by atoms with Crippen LogP contribution < -0.4 is 10.6 Å². The fourth-order valence-electron chi connectivity index (χ4n) is 6.01. The normalized spacial score (nSPS) is 24.1. The van der Waals surface area contributed by atoms with Crippen molar-refractivity contribution in [3.8, 4) is 5.75 Å². The van der Waals surface area contributed by atoms with Gasteiger partial charge in [-0.2, -0.15) is 0 Å². The molecule has 11 nitrogen and oxygen atoms in total. The number of phenols is 1. The van der Waals surface area contributed by atoms with Crippen LogP contribution in [0.5, 0.6) is 5.75 Å². The van der Waals surface area contributed by atoms with Gasteiger partial charge in [0.25, 0.3) is 0 Å². The van der Waals surface area contributed by atoms with Gasteiger partial charge in [0.2, 0.25) is 11.7 Å². The number of anilines is 1. The number of halogens is 1. The molecule has 2 aliphatic rings. The zero-order valence-electron chi connectivity index (χ0n) is 23.9. The van der Waals surface area contributed by atoms with Gasteiger partial charge in [-0.1, -0.05) is 0 Å². The van der Waals surface area contributed by atoms with Crippen molar-refractivity contribution >= 4 is 28.9 Å². The summed E-state index contributed by atoms with van der Waals surface area (Å²) in [5.74, 6) is -5.84. The van der Waals surface area contributed by atoms with Crippen LogP contribution in [0.25, 0.3) is 5.76 Å². The molecule has 3 rings (SSSR count). The molecule has 1 amide bonds. The van der Waals surface area contributed by atoms with E-state index in [0.717, 1.165) is 0 Å². The van der Waals surface area contributed by atoms with Crippen molar-refractivity contribution in [3.05, 3.63) is 28.3 Å². The third-order valence-corrected chi connectivity index (χ3v) is 8.43. The van der Waals surface area contributed by atoms with E-state index >= 15 is 0 Å². The molecule has 2 aliphatic carbocycles. The van der Waals surface area contributed by atoms with E-state index in [9.17, 15) is 39.2 Å². The van der Waals surface area contributed by atoms with E-state index in [-0.39, 0.29) is 36.3 Å². The van der Waals surface area contributed by atoms with E-state index in [4.69, 9.17) is 5.73 Å². The first-order valence-electron chi connectivity index (χ1n) is 13.2. The van der Waals surface area contributed by atoms with Crippen LogP contribution in [0.3, 0.4) is 0 Å². The molecule has 1 unspecified atom stereocenters. The van der Waals surface area contributed by atoms with Crippen molar-refractivity contribution in [1.29, 1.82) is 0 Å². The number of Topliss-reactive ketones (excluding diaryl/α,β-unsaturated/α-hetero) is 2. The zero-order valence-corrected chi connectivity index (χ0v) is 23.9. The van der Waals surface area contributed by atoms with Gasteiger partial charge in [0.1, 0.15) is 18.2 Å². The lowest BCUT2D eigenvalue weighted by atomic mass is 9.59. The number of rotatable bonds is 11. The van der Waals surface area contributed by atoms with Gasteiger partial charge in [0.15, 0.2) is 11.4 Å². The highest BCUT2D eigenvalue weighted by molar-refractivity contribution is 6.23. The number of hydrogen-bond acceptors (Lipinski definition) is 10. The molecule has 0 saturated heterocycles. The Morgan fingerprint density at radius 3 is 2.33 bits per heavy atom. The number of nitrogens with zero attached hydrogens (tertiary/aromatic N) is 3. The van der Waals surface area contributed by atoms with E-state index < -0.39 is 72.5 Å². The Bertz CT molecular complexity index is 1220. The first kappa shape index (κ1) is 31.5. The van der Waals surface area contributed by atoms with Crippen LogP contribution >= 0.6 is 0 Å². The fourth-order valence-corrected chi connectivity index (χ4v) is 6.01. The summed E-state index contributed by atoms with van der Waals surface area (Å²) < 4.78 is 13.3. The number of hydrogen-bond donors (Lipinski definition) is 5. The predicted octanol–water partition coefficient (Wildman–Crippen LogP) is 0.377. The number of carbonyl (C=O) groups excluding carboxylic acids is 3. The lowest BCUT2D eigenvalue weighted by Gasteiger charge is -2.47. The second-order valence-electron chi connectivity index (χ2n) is 11.5. The minimum Gasteiger partial charge on any atom is -0.507 e. The number of amides is 1. The molecule has 0 spiro atoms. The summed E-state index contributed by atoms with van der Waals surface area (Å²) in [7, 11) is 8.56. The molecule has 1 aromatic carbocycles. The second-order valence-corrected chi connectivity index (χ2v) is 11.5. The average Bonchev–Trinajstić information content (AvgIpc) is 2.87. The summed E-state index contributed by atoms with van der Waals surface area (Å²) in [4.78, 5) is 44.0. The van der Waals surface area contributed by atoms with Gasteiger partial charge in [-0.3, -0.25) is 19.3 Å². The third-order valence-electron chi connectivity index (χ3n) is 8.43. The number of primary amides is 1. The van der Waals surface area contributed by atoms with Gasteiger partial charge < -0.3 is 36.0 Å². The number of benzene rings is 1. The highest BCUT2D eigenvalue weighted by atomic mass is 19.1. The lowest BCUT2D eigenvalue weighted by molar-refractivity contribution is -0.163. The molecule has 6 N–H and O–H groups in total. The number of aliphatic hydroxyl groups excluding tert-OH is 2. The largest absolute Gasteiger partial charge is 0.507 e. The van der Waals surface area contributed by atoms with Crippen LogP contribution in [0.2, 0.25) is 0 Å². The molecule has 5 atom stereocenters. The van der Waals surface area contributed by atoms with Gasteiger partial charge in [-0.15, -0.1) is 0 Å². The summed E-state index contributed by atoms with van der Waals surface area (Å²) >= 11 is 0. The van der Waals surface area contributed by atoms with Crippen LogP contribution in [0, 0.1) is 11.8 Å². The summed E-state index contributed by atoms with van der Waals surface area (Å²) in [5, 5.41) is 44.8. The van der Waals surface area contributed by atoms with E-state index in [1.165, 1.54) is 0 Å². The zero-order chi connectivity index (χ0) is 30.3. The number of carbonyl (C=O) groups is 3. The molecule has 0 aromatic heterocycles. The molecule has 40 heavy (non-hydrogen) atoms. The Kier molecular flexibility index (Phi) is 9.29. The minimum absolute atomic E-state index is 0.0107. The van der Waals surface area contributed by atoms with Gasteiger partial charge in [-0.25, -0.2) is 4.39 Å². The number of fused-ring (bicyclic) bond motifs is 2. The molecule has 0 heterocycles. The highest BCUT2D eigenvalue weighted by Crippen LogP contribution is 2.51. The smallest absolute Gasteiger partial charge is 0.225 e. The maximum absolute atomic E-state index is 14.0. The summed E-state index contributed by atoms with van der Waals surface area (Å²) in [6.45, 7) is 0.758. The average molecular weight is 565 g/mol. The van der Waals surface area contributed by atoms with Gasteiger partial charge >= 0.3 is 0 Å². The summed E-state index contributed by atoms with van der Waals surface area (Å²) in [6.07, 6.45) is -0.680. The molecule has 12 heteroatoms. The summed E-state index contributed by atoms with van der Waals surface area (Å²) in [5.41, 5.74) is 3.92. The molecule has 1 saturated carbocycles. The number of nitrogens with two attached hydrogens (primary N) is 1. The number of aliphatic hydroxyl groups is 3. The monoisotopic (exact) mass is 564 g/mol. The van der Waals surface area contributed by atoms with Crippen LogP contribution in [0.15, 0.2) is 11.6 Å². The van der Waals surface area contributed by atoms with Crippen LogP contribution in [-0.2, 0) is 27.3 Å². The Morgan fingerprint density at radius 2 is 1.82 bits per heavy atom. The maximum atomic E-state index is 14.0. The van der Waals surface area contributed by atoms with Crippen molar-refractivity contribution in [2.24, 2.45) is 17.6 Å². The van der Waals surface area contributed by atoms with Crippen LogP contribution in [-0.4, -0.2) is 114 Å². The number of likely N-dealkylation sites (N-methyl/N-ethyl adjacent to an activating group) is 1. The van der Waals surface area contributed by atoms with Crippen molar-refractivity contribution in [2.45, 2.75) is 50.4 Å². The highest BCUT2D eigenvalue weighted by Gasteiger charge is 2.60. The number of aromatic hydroxyl groups is 1. The molecule has 0 aliphatic heterocycles. The number of phenolic OH excluding ortho intramolecular Hbond substituents is 1. The molecular weight excluding hydrogens is 523 g/mol. The van der Waals surface area contributed by atoms with Gasteiger partial charge in [-0.05, 0) is 58.5 Å². The van der Waals surface area contributed by atoms with Gasteiger partial charge in [0, 0.05) is 55.5 Å². The third kappa shape index (κ3) is 5.32. The van der Waals surface area contributed by atoms with Gasteiger partial charge in [0.05, 0.1) is 18.6 Å². The lowest BCUT2D eigenvalue weighted by Crippen LogP contribution is -2.64. The topological polar surface area (TPSA) is 168 Å². The van der Waals surface area contributed by atoms with Crippen molar-refractivity contribution in [2.75, 3.05) is 53.4 Å². The molecule has 1 fully saturated rings. The second kappa shape index (κ2) is 11.8. The van der Waals surface area contributed by atoms with E-state index in [1.54, 1.807) is 58.0 Å². The first-order valence-corrected chi connectivity index (χ1v) is 13.2. The molecule has 222 valence electrons. The maximum Gasteiger partial charge on any atom is 0.225 e. The Morgan fingerprint density at radius 1 is 1.20 bits per heavy atom. The Balaban J connectivity index is 2.27. The van der Waals surface area contributed by atoms with E-state index in [0.29, 0.717) is 16.8 Å². The van der Waals surface area contributed by atoms with E-state index in [2.05, 4.69) is 0 Å². The van der Waals surface area contributed by atoms with Crippen molar-refractivity contribution < 1.29 is 39.2 Å². The van der Waals surface area contributed by atoms with Crippen LogP contribution in [0.4, 0.5) is 10.1 Å². The van der Waals surface area contributed by atoms with Crippen molar-refractivity contribution in [3.63, 3.8) is 0 Å². The first-order chi connectivity index (χ1) is 18.6. The molecular formula is C28H41FN4O7. The Hall–Kier alpha value is -3.06.